The van der Waals surface area contributed by atoms with Crippen LogP contribution in [0.15, 0.2) is 63.8 Å². The van der Waals surface area contributed by atoms with Crippen molar-refractivity contribution in [2.45, 2.75) is 20.0 Å². The van der Waals surface area contributed by atoms with Gasteiger partial charge in [0.05, 0.1) is 6.61 Å². The molecule has 1 amide bonds. The minimum atomic E-state index is -0.727. The summed E-state index contributed by atoms with van der Waals surface area (Å²) in [5, 5.41) is 3.57. The predicted octanol–water partition coefficient (Wildman–Crippen LogP) is 3.60. The first-order chi connectivity index (χ1) is 12.5. The standard InChI is InChI=1S/C20H19NO5/c1-3-24-16-9-6-15(7-10-16)21-20(23)13(2)25-17-8-4-14-5-11-19(22)26-18(14)12-17/h4-13H,3H2,1-2H3,(H,21,23)/t13-/m1/s1. The number of amides is 1. The zero-order valence-electron chi connectivity index (χ0n) is 14.5. The Morgan fingerprint density at radius 2 is 1.77 bits per heavy atom. The molecular weight excluding hydrogens is 334 g/mol. The molecule has 0 saturated carbocycles. The van der Waals surface area contributed by atoms with Gasteiger partial charge in [0, 0.05) is 23.2 Å². The smallest absolute Gasteiger partial charge is 0.336 e. The number of nitrogens with one attached hydrogen (secondary N) is 1. The van der Waals surface area contributed by atoms with Crippen LogP contribution in [0.5, 0.6) is 11.5 Å². The molecule has 0 spiro atoms. The van der Waals surface area contributed by atoms with Crippen LogP contribution in [-0.4, -0.2) is 18.6 Å². The number of hydrogen-bond acceptors (Lipinski definition) is 5. The monoisotopic (exact) mass is 353 g/mol. The molecule has 1 atom stereocenters. The molecular formula is C20H19NO5. The molecule has 6 nitrogen and oxygen atoms in total. The van der Waals surface area contributed by atoms with Gasteiger partial charge in [-0.3, -0.25) is 4.79 Å². The van der Waals surface area contributed by atoms with Crippen LogP contribution in [-0.2, 0) is 4.79 Å². The van der Waals surface area contributed by atoms with Gasteiger partial charge in [-0.05, 0) is 56.3 Å². The second-order valence-corrected chi connectivity index (χ2v) is 5.66. The summed E-state index contributed by atoms with van der Waals surface area (Å²) in [6.07, 6.45) is -0.727. The van der Waals surface area contributed by atoms with Crippen LogP contribution >= 0.6 is 0 Å². The van der Waals surface area contributed by atoms with Crippen LogP contribution in [0.2, 0.25) is 0 Å². The molecule has 26 heavy (non-hydrogen) atoms. The quantitative estimate of drug-likeness (QED) is 0.685. The minimum absolute atomic E-state index is 0.288. The lowest BCUT2D eigenvalue weighted by Gasteiger charge is -2.15. The van der Waals surface area contributed by atoms with Crippen LogP contribution in [0.1, 0.15) is 13.8 Å². The van der Waals surface area contributed by atoms with Crippen molar-refractivity contribution >= 4 is 22.6 Å². The van der Waals surface area contributed by atoms with Crippen LogP contribution in [0.25, 0.3) is 11.0 Å². The summed E-state index contributed by atoms with van der Waals surface area (Å²) >= 11 is 0. The Morgan fingerprint density at radius 1 is 1.08 bits per heavy atom. The van der Waals surface area contributed by atoms with Crippen molar-refractivity contribution in [2.75, 3.05) is 11.9 Å². The van der Waals surface area contributed by atoms with E-state index in [1.54, 1.807) is 55.5 Å². The van der Waals surface area contributed by atoms with Crippen LogP contribution in [0.3, 0.4) is 0 Å². The molecule has 2 aromatic carbocycles. The molecule has 0 radical (unpaired) electrons. The van der Waals surface area contributed by atoms with E-state index in [0.29, 0.717) is 23.6 Å². The summed E-state index contributed by atoms with van der Waals surface area (Å²) < 4.78 is 16.2. The molecule has 3 aromatic rings. The van der Waals surface area contributed by atoms with Crippen LogP contribution < -0.4 is 20.4 Å². The maximum Gasteiger partial charge on any atom is 0.336 e. The van der Waals surface area contributed by atoms with Gasteiger partial charge in [0.1, 0.15) is 17.1 Å². The van der Waals surface area contributed by atoms with E-state index < -0.39 is 11.7 Å². The maximum atomic E-state index is 12.3. The molecule has 0 fully saturated rings. The molecule has 6 heteroatoms. The molecule has 0 saturated heterocycles. The summed E-state index contributed by atoms with van der Waals surface area (Å²) in [5.74, 6) is 0.900. The molecule has 0 aliphatic carbocycles. The molecule has 0 bridgehead atoms. The largest absolute Gasteiger partial charge is 0.494 e. The SMILES string of the molecule is CCOc1ccc(NC(=O)[C@@H](C)Oc2ccc3ccc(=O)oc3c2)cc1. The lowest BCUT2D eigenvalue weighted by atomic mass is 10.2. The summed E-state index contributed by atoms with van der Waals surface area (Å²) in [4.78, 5) is 23.6. The molecule has 0 unspecified atom stereocenters. The third-order valence-corrected chi connectivity index (χ3v) is 3.71. The zero-order valence-corrected chi connectivity index (χ0v) is 14.5. The summed E-state index contributed by atoms with van der Waals surface area (Å²) in [7, 11) is 0. The third kappa shape index (κ3) is 4.22. The van der Waals surface area contributed by atoms with Crippen molar-refractivity contribution in [1.82, 2.24) is 0 Å². The molecule has 1 N–H and O–H groups in total. The van der Waals surface area contributed by atoms with E-state index >= 15 is 0 Å². The fraction of sp³-hybridized carbons (Fsp3) is 0.200. The fourth-order valence-corrected chi connectivity index (χ4v) is 2.42. The van der Waals surface area contributed by atoms with Gasteiger partial charge in [-0.15, -0.1) is 0 Å². The van der Waals surface area contributed by atoms with Gasteiger partial charge in [-0.2, -0.15) is 0 Å². The van der Waals surface area contributed by atoms with E-state index in [1.165, 1.54) is 6.07 Å². The third-order valence-electron chi connectivity index (χ3n) is 3.71. The summed E-state index contributed by atoms with van der Waals surface area (Å²) in [6, 6.07) is 15.2. The highest BCUT2D eigenvalue weighted by Crippen LogP contribution is 2.21. The Morgan fingerprint density at radius 3 is 2.50 bits per heavy atom. The van der Waals surface area contributed by atoms with Crippen molar-refractivity contribution in [2.24, 2.45) is 0 Å². The average Bonchev–Trinajstić information content (AvgIpc) is 2.63. The second-order valence-electron chi connectivity index (χ2n) is 5.66. The van der Waals surface area contributed by atoms with Gasteiger partial charge in [0.25, 0.3) is 5.91 Å². The van der Waals surface area contributed by atoms with E-state index in [4.69, 9.17) is 13.9 Å². The summed E-state index contributed by atoms with van der Waals surface area (Å²) in [6.45, 7) is 4.14. The van der Waals surface area contributed by atoms with Crippen molar-refractivity contribution in [1.29, 1.82) is 0 Å². The van der Waals surface area contributed by atoms with E-state index in [-0.39, 0.29) is 5.91 Å². The first kappa shape index (κ1) is 17.5. The average molecular weight is 353 g/mol. The minimum Gasteiger partial charge on any atom is -0.494 e. The van der Waals surface area contributed by atoms with Gasteiger partial charge in [0.2, 0.25) is 0 Å². The Labute approximate surface area is 150 Å². The number of anilines is 1. The number of carbonyl (C=O) groups excluding carboxylic acids is 1. The van der Waals surface area contributed by atoms with E-state index in [1.807, 2.05) is 6.92 Å². The van der Waals surface area contributed by atoms with Gasteiger partial charge >= 0.3 is 5.63 Å². The van der Waals surface area contributed by atoms with Crippen molar-refractivity contribution in [3.63, 3.8) is 0 Å². The van der Waals surface area contributed by atoms with Crippen LogP contribution in [0, 0.1) is 0 Å². The molecule has 1 aromatic heterocycles. The number of fused-ring (bicyclic) bond motifs is 1. The highest BCUT2D eigenvalue weighted by atomic mass is 16.5. The highest BCUT2D eigenvalue weighted by molar-refractivity contribution is 5.94. The first-order valence-electron chi connectivity index (χ1n) is 8.29. The summed E-state index contributed by atoms with van der Waals surface area (Å²) in [5.41, 5.74) is 0.628. The lowest BCUT2D eigenvalue weighted by Crippen LogP contribution is -2.30. The topological polar surface area (TPSA) is 77.8 Å². The lowest BCUT2D eigenvalue weighted by molar-refractivity contribution is -0.122. The zero-order chi connectivity index (χ0) is 18.5. The number of ether oxygens (including phenoxy) is 2. The van der Waals surface area contributed by atoms with E-state index in [0.717, 1.165) is 11.1 Å². The Balaban J connectivity index is 1.66. The molecule has 0 aliphatic heterocycles. The number of benzene rings is 2. The fourth-order valence-electron chi connectivity index (χ4n) is 2.42. The van der Waals surface area contributed by atoms with Gasteiger partial charge < -0.3 is 19.2 Å². The predicted molar refractivity (Wildman–Crippen MR) is 98.8 cm³/mol. The number of rotatable bonds is 6. The molecule has 0 aliphatic rings. The second kappa shape index (κ2) is 7.74. The Hall–Kier alpha value is -3.28. The van der Waals surface area contributed by atoms with E-state index in [9.17, 15) is 9.59 Å². The maximum absolute atomic E-state index is 12.3. The van der Waals surface area contributed by atoms with Crippen molar-refractivity contribution in [3.05, 3.63) is 65.0 Å². The van der Waals surface area contributed by atoms with E-state index in [2.05, 4.69) is 5.32 Å². The first-order valence-corrected chi connectivity index (χ1v) is 8.29. The van der Waals surface area contributed by atoms with Gasteiger partial charge in [-0.25, -0.2) is 4.79 Å². The molecule has 1 heterocycles. The van der Waals surface area contributed by atoms with Crippen molar-refractivity contribution < 1.29 is 18.7 Å². The number of hydrogen-bond donors (Lipinski definition) is 1. The number of carbonyl (C=O) groups is 1. The van der Waals surface area contributed by atoms with Crippen molar-refractivity contribution in [3.8, 4) is 11.5 Å². The molecule has 3 rings (SSSR count). The van der Waals surface area contributed by atoms with Gasteiger partial charge in [0.15, 0.2) is 6.10 Å². The normalized spacial score (nSPS) is 11.8. The molecule has 134 valence electrons. The Bertz CT molecular complexity index is 962. The highest BCUT2D eigenvalue weighted by Gasteiger charge is 2.15. The van der Waals surface area contributed by atoms with Gasteiger partial charge in [-0.1, -0.05) is 0 Å². The van der Waals surface area contributed by atoms with Crippen LogP contribution in [0.4, 0.5) is 5.69 Å². The Kier molecular flexibility index (Phi) is 5.22.